The lowest BCUT2D eigenvalue weighted by Gasteiger charge is -2.18. The minimum atomic E-state index is -0.886. The summed E-state index contributed by atoms with van der Waals surface area (Å²) in [7, 11) is 0. The Hall–Kier alpha value is -2.86. The molecule has 2 heterocycles. The first kappa shape index (κ1) is 15.7. The van der Waals surface area contributed by atoms with Gasteiger partial charge in [-0.25, -0.2) is 4.98 Å². The number of hydrogen-bond acceptors (Lipinski definition) is 5. The van der Waals surface area contributed by atoms with E-state index in [1.54, 1.807) is 0 Å². The molecule has 3 aromatic rings. The standard InChI is InChI=1S/C19H15NO4S/c21-18(22)11-13(19-20-14-3-1-2-4-17(14)25-19)9-12-5-6-15-16(10-12)24-8-7-23-15/h1-6,9-10H,7-8,11H2,(H,21,22)/b13-9-. The third-order valence-electron chi connectivity index (χ3n) is 3.82. The predicted molar refractivity (Wildman–Crippen MR) is 97.2 cm³/mol. The number of hydrogen-bond donors (Lipinski definition) is 1. The van der Waals surface area contributed by atoms with Crippen molar-refractivity contribution in [2.24, 2.45) is 0 Å². The molecule has 0 radical (unpaired) electrons. The molecule has 1 aliphatic heterocycles. The fourth-order valence-electron chi connectivity index (χ4n) is 2.71. The zero-order valence-electron chi connectivity index (χ0n) is 13.3. The summed E-state index contributed by atoms with van der Waals surface area (Å²) >= 11 is 1.50. The molecule has 0 fully saturated rings. The largest absolute Gasteiger partial charge is 0.486 e. The summed E-state index contributed by atoms with van der Waals surface area (Å²) < 4.78 is 12.2. The smallest absolute Gasteiger partial charge is 0.307 e. The van der Waals surface area contributed by atoms with Crippen molar-refractivity contribution in [2.75, 3.05) is 13.2 Å². The molecule has 25 heavy (non-hydrogen) atoms. The van der Waals surface area contributed by atoms with Gasteiger partial charge in [-0.3, -0.25) is 4.79 Å². The van der Waals surface area contributed by atoms with Crippen LogP contribution in [-0.2, 0) is 4.79 Å². The highest BCUT2D eigenvalue weighted by Crippen LogP contribution is 2.34. The summed E-state index contributed by atoms with van der Waals surface area (Å²) in [5, 5.41) is 10.0. The monoisotopic (exact) mass is 353 g/mol. The van der Waals surface area contributed by atoms with Gasteiger partial charge in [-0.05, 0) is 41.5 Å². The van der Waals surface area contributed by atoms with Gasteiger partial charge in [-0.15, -0.1) is 11.3 Å². The van der Waals surface area contributed by atoms with Crippen molar-refractivity contribution in [2.45, 2.75) is 6.42 Å². The first-order valence-electron chi connectivity index (χ1n) is 7.87. The number of carboxylic acids is 1. The van der Waals surface area contributed by atoms with E-state index in [0.717, 1.165) is 20.8 Å². The van der Waals surface area contributed by atoms with E-state index in [-0.39, 0.29) is 6.42 Å². The maximum absolute atomic E-state index is 11.3. The van der Waals surface area contributed by atoms with E-state index in [9.17, 15) is 9.90 Å². The molecule has 0 saturated carbocycles. The molecule has 0 aliphatic carbocycles. The van der Waals surface area contributed by atoms with Crippen LogP contribution in [0, 0.1) is 0 Å². The number of carboxylic acid groups (broad SMARTS) is 1. The minimum Gasteiger partial charge on any atom is -0.486 e. The summed E-state index contributed by atoms with van der Waals surface area (Å²) in [6.45, 7) is 1.05. The van der Waals surface area contributed by atoms with Gasteiger partial charge in [-0.1, -0.05) is 18.2 Å². The molecular weight excluding hydrogens is 338 g/mol. The van der Waals surface area contributed by atoms with Gasteiger partial charge in [0.25, 0.3) is 0 Å². The molecule has 2 aromatic carbocycles. The Morgan fingerprint density at radius 2 is 1.96 bits per heavy atom. The third-order valence-corrected chi connectivity index (χ3v) is 4.93. The Bertz CT molecular complexity index is 943. The van der Waals surface area contributed by atoms with Crippen LogP contribution in [0.3, 0.4) is 0 Å². The number of carbonyl (C=O) groups is 1. The molecule has 4 rings (SSSR count). The molecule has 5 nitrogen and oxygen atoms in total. The number of nitrogens with zero attached hydrogens (tertiary/aromatic N) is 1. The van der Waals surface area contributed by atoms with Crippen LogP contribution in [-0.4, -0.2) is 29.3 Å². The van der Waals surface area contributed by atoms with Crippen LogP contribution in [0.4, 0.5) is 0 Å². The van der Waals surface area contributed by atoms with Gasteiger partial charge in [-0.2, -0.15) is 0 Å². The number of para-hydroxylation sites is 1. The van der Waals surface area contributed by atoms with Crippen molar-refractivity contribution in [1.82, 2.24) is 4.98 Å². The Balaban J connectivity index is 1.75. The number of thiazole rings is 1. The van der Waals surface area contributed by atoms with Crippen molar-refractivity contribution in [3.63, 3.8) is 0 Å². The van der Waals surface area contributed by atoms with E-state index in [4.69, 9.17) is 9.47 Å². The summed E-state index contributed by atoms with van der Waals surface area (Å²) in [6, 6.07) is 13.4. The molecular formula is C19H15NO4S. The van der Waals surface area contributed by atoms with Crippen molar-refractivity contribution in [1.29, 1.82) is 0 Å². The van der Waals surface area contributed by atoms with Crippen molar-refractivity contribution in [3.8, 4) is 11.5 Å². The van der Waals surface area contributed by atoms with E-state index in [1.807, 2.05) is 48.5 Å². The van der Waals surface area contributed by atoms with Gasteiger partial charge in [0, 0.05) is 0 Å². The highest BCUT2D eigenvalue weighted by molar-refractivity contribution is 7.19. The normalized spacial score (nSPS) is 13.8. The van der Waals surface area contributed by atoms with E-state index < -0.39 is 5.97 Å². The zero-order valence-corrected chi connectivity index (χ0v) is 14.1. The predicted octanol–water partition coefficient (Wildman–Crippen LogP) is 4.08. The number of fused-ring (bicyclic) bond motifs is 2. The second-order valence-electron chi connectivity index (χ2n) is 5.63. The number of ether oxygens (including phenoxy) is 2. The minimum absolute atomic E-state index is 0.0890. The van der Waals surface area contributed by atoms with Gasteiger partial charge >= 0.3 is 5.97 Å². The Kier molecular flexibility index (Phi) is 4.11. The molecule has 0 saturated heterocycles. The first-order valence-corrected chi connectivity index (χ1v) is 8.69. The Morgan fingerprint density at radius 1 is 1.16 bits per heavy atom. The lowest BCUT2D eigenvalue weighted by Crippen LogP contribution is -2.15. The third kappa shape index (κ3) is 3.34. The lowest BCUT2D eigenvalue weighted by molar-refractivity contribution is -0.135. The molecule has 0 amide bonds. The van der Waals surface area contributed by atoms with Gasteiger partial charge in [0.2, 0.25) is 0 Å². The fourth-order valence-corrected chi connectivity index (χ4v) is 3.69. The highest BCUT2D eigenvalue weighted by Gasteiger charge is 2.15. The van der Waals surface area contributed by atoms with Gasteiger partial charge < -0.3 is 14.6 Å². The molecule has 1 N–H and O–H groups in total. The van der Waals surface area contributed by atoms with E-state index in [2.05, 4.69) is 4.98 Å². The van der Waals surface area contributed by atoms with Crippen LogP contribution in [0.25, 0.3) is 21.9 Å². The van der Waals surface area contributed by atoms with Crippen LogP contribution in [0.15, 0.2) is 42.5 Å². The van der Waals surface area contributed by atoms with Crippen molar-refractivity contribution in [3.05, 3.63) is 53.0 Å². The average Bonchev–Trinajstić information content (AvgIpc) is 3.05. The zero-order chi connectivity index (χ0) is 17.2. The maximum Gasteiger partial charge on any atom is 0.307 e. The Morgan fingerprint density at radius 3 is 2.76 bits per heavy atom. The molecule has 0 spiro atoms. The van der Waals surface area contributed by atoms with Crippen LogP contribution in [0.5, 0.6) is 11.5 Å². The van der Waals surface area contributed by atoms with Gasteiger partial charge in [0.15, 0.2) is 11.5 Å². The number of aromatic nitrogens is 1. The summed E-state index contributed by atoms with van der Waals surface area (Å²) in [4.78, 5) is 15.9. The molecule has 0 atom stereocenters. The van der Waals surface area contributed by atoms with Crippen LogP contribution < -0.4 is 9.47 Å². The van der Waals surface area contributed by atoms with E-state index in [0.29, 0.717) is 30.3 Å². The number of aliphatic carboxylic acids is 1. The average molecular weight is 353 g/mol. The molecule has 0 unspecified atom stereocenters. The molecule has 6 heteroatoms. The van der Waals surface area contributed by atoms with Crippen LogP contribution in [0.2, 0.25) is 0 Å². The Labute approximate surface area is 148 Å². The molecule has 126 valence electrons. The van der Waals surface area contributed by atoms with Crippen LogP contribution >= 0.6 is 11.3 Å². The summed E-state index contributed by atoms with van der Waals surface area (Å²) in [6.07, 6.45) is 1.76. The van der Waals surface area contributed by atoms with E-state index >= 15 is 0 Å². The highest BCUT2D eigenvalue weighted by atomic mass is 32.1. The quantitative estimate of drug-likeness (QED) is 0.765. The molecule has 0 bridgehead atoms. The first-order chi connectivity index (χ1) is 12.2. The second kappa shape index (κ2) is 6.57. The topological polar surface area (TPSA) is 68.7 Å². The fraction of sp³-hybridized carbons (Fsp3) is 0.158. The number of benzene rings is 2. The van der Waals surface area contributed by atoms with Gasteiger partial charge in [0.1, 0.15) is 18.2 Å². The molecule has 1 aromatic heterocycles. The van der Waals surface area contributed by atoms with Gasteiger partial charge in [0.05, 0.1) is 16.6 Å². The summed E-state index contributed by atoms with van der Waals surface area (Å²) in [5.41, 5.74) is 2.41. The molecule has 1 aliphatic rings. The second-order valence-corrected chi connectivity index (χ2v) is 6.66. The maximum atomic E-state index is 11.3. The van der Waals surface area contributed by atoms with E-state index in [1.165, 1.54) is 11.3 Å². The summed E-state index contributed by atoms with van der Waals surface area (Å²) in [5.74, 6) is 0.505. The lowest BCUT2D eigenvalue weighted by atomic mass is 10.1. The van der Waals surface area contributed by atoms with Crippen LogP contribution in [0.1, 0.15) is 17.0 Å². The number of rotatable bonds is 4. The van der Waals surface area contributed by atoms with Crippen molar-refractivity contribution < 1.29 is 19.4 Å². The SMILES string of the molecule is O=C(O)C/C(=C/c1ccc2c(c1)OCCO2)c1nc2ccccc2s1. The van der Waals surface area contributed by atoms with Crippen molar-refractivity contribution >= 4 is 39.2 Å².